The first-order chi connectivity index (χ1) is 17.4. The molecule has 0 bridgehead atoms. The maximum Gasteiger partial charge on any atom is 0.415 e. The van der Waals surface area contributed by atoms with E-state index in [-0.39, 0.29) is 17.6 Å². The van der Waals surface area contributed by atoms with E-state index >= 15 is 0 Å². The number of allylic oxidation sites excluding steroid dienone is 1. The molecule has 3 rings (SSSR count). The molecule has 1 aliphatic carbocycles. The van der Waals surface area contributed by atoms with Crippen molar-refractivity contribution in [1.29, 1.82) is 0 Å². The van der Waals surface area contributed by atoms with Crippen LogP contribution >= 0.6 is 17.5 Å². The van der Waals surface area contributed by atoms with Crippen LogP contribution in [0.15, 0.2) is 34.0 Å². The zero-order valence-corrected chi connectivity index (χ0v) is 26.8. The predicted molar refractivity (Wildman–Crippen MR) is 158 cm³/mol. The second-order valence-electron chi connectivity index (χ2n) is 12.2. The molecule has 1 aromatic heterocycles. The fraction of sp³-hybridized carbons (Fsp3) is 0.760. The summed E-state index contributed by atoms with van der Waals surface area (Å²) in [6, 6.07) is 1.20. The van der Waals surface area contributed by atoms with E-state index in [4.69, 9.17) is 25.5 Å². The van der Waals surface area contributed by atoms with Gasteiger partial charge in [-0.3, -0.25) is 14.3 Å². The van der Waals surface area contributed by atoms with E-state index in [2.05, 4.69) is 45.4 Å². The number of rotatable bonds is 9. The van der Waals surface area contributed by atoms with Gasteiger partial charge in [-0.05, 0) is 57.2 Å². The number of nitrogens with zero attached hydrogens (tertiary/aromatic N) is 1. The van der Waals surface area contributed by atoms with Gasteiger partial charge in [0.05, 0.1) is 17.5 Å². The van der Waals surface area contributed by atoms with E-state index < -0.39 is 61.1 Å². The molecule has 1 aromatic rings. The second-order valence-corrected chi connectivity index (χ2v) is 22.0. The molecule has 214 valence electrons. The van der Waals surface area contributed by atoms with Crippen molar-refractivity contribution in [2.45, 2.75) is 107 Å². The molecule has 0 amide bonds. The van der Waals surface area contributed by atoms with Gasteiger partial charge in [-0.1, -0.05) is 32.9 Å². The van der Waals surface area contributed by atoms with Crippen molar-refractivity contribution >= 4 is 37.6 Å². The van der Waals surface area contributed by atoms with E-state index in [9.17, 15) is 19.8 Å². The summed E-state index contributed by atoms with van der Waals surface area (Å²) in [7, 11) is -2.16. The monoisotopic (exact) mass is 605 g/mol. The minimum atomic E-state index is -2.16. The highest BCUT2D eigenvalue weighted by atomic mass is 32.9. The first-order valence-corrected chi connectivity index (χ1v) is 19.5. The molecule has 2 fully saturated rings. The Bertz CT molecular complexity index is 1150. The maximum absolute atomic E-state index is 12.5. The molecule has 1 saturated heterocycles. The van der Waals surface area contributed by atoms with Gasteiger partial charge in [0.25, 0.3) is 5.56 Å². The van der Waals surface area contributed by atoms with Crippen LogP contribution in [0.3, 0.4) is 0 Å². The molecule has 38 heavy (non-hydrogen) atoms. The molecule has 1 unspecified atom stereocenters. The Hall–Kier alpha value is -0.693. The minimum Gasteiger partial charge on any atom is -0.414 e. The summed E-state index contributed by atoms with van der Waals surface area (Å²) in [4.78, 5) is 26.2. The second kappa shape index (κ2) is 12.0. The van der Waals surface area contributed by atoms with Gasteiger partial charge in [0.2, 0.25) is 11.8 Å². The number of aromatic nitrogens is 2. The lowest BCUT2D eigenvalue weighted by molar-refractivity contribution is -0.0525. The first-order valence-electron chi connectivity index (χ1n) is 12.9. The summed E-state index contributed by atoms with van der Waals surface area (Å²) in [6.07, 6.45) is -2.33. The van der Waals surface area contributed by atoms with Crippen LogP contribution in [0, 0.1) is 5.92 Å². The average molecular weight is 606 g/mol. The van der Waals surface area contributed by atoms with E-state index in [0.717, 1.165) is 23.0 Å². The Kier molecular flexibility index (Phi) is 10.1. The van der Waals surface area contributed by atoms with Crippen molar-refractivity contribution in [2.75, 3.05) is 6.61 Å². The van der Waals surface area contributed by atoms with Crippen molar-refractivity contribution in [1.82, 2.24) is 9.55 Å². The molecule has 1 saturated carbocycles. The third-order valence-electron chi connectivity index (χ3n) is 8.24. The molecule has 13 heteroatoms. The Balaban J connectivity index is 1.80. The third kappa shape index (κ3) is 7.14. The number of aromatic amines is 1. The van der Waals surface area contributed by atoms with Gasteiger partial charge in [0.15, 0.2) is 20.6 Å². The number of H-pyrrole nitrogens is 1. The Morgan fingerprint density at radius 2 is 2.05 bits per heavy atom. The molecule has 0 spiro atoms. The van der Waals surface area contributed by atoms with Crippen molar-refractivity contribution in [2.24, 2.45) is 5.92 Å². The molecule has 2 heterocycles. The summed E-state index contributed by atoms with van der Waals surface area (Å²) in [5.41, 5.74) is -0.151. The molecule has 8 atom stereocenters. The number of aliphatic hydroxyl groups excluding tert-OH is 2. The lowest BCUT2D eigenvalue weighted by atomic mass is 9.77. The van der Waals surface area contributed by atoms with Gasteiger partial charge in [-0.25, -0.2) is 4.79 Å². The van der Waals surface area contributed by atoms with Gasteiger partial charge in [0, 0.05) is 12.3 Å². The summed E-state index contributed by atoms with van der Waals surface area (Å²) < 4.78 is 19.5. The first kappa shape index (κ1) is 31.8. The predicted octanol–water partition coefficient (Wildman–Crippen LogP) is 4.20. The molecular weight excluding hydrogens is 563 g/mol. The number of hydrogen-bond donors (Lipinski definition) is 3. The van der Waals surface area contributed by atoms with Crippen LogP contribution < -0.4 is 11.2 Å². The Morgan fingerprint density at radius 3 is 2.61 bits per heavy atom. The summed E-state index contributed by atoms with van der Waals surface area (Å²) >= 11 is 7.17. The largest absolute Gasteiger partial charge is 0.415 e. The standard InChI is InChI=1S/C25H41N2O7PS2Si/c1-15(2)16-9-11-25(6,18(28)13-16)37-35(36)34-21-17(14-32-38(7,8)24(3,4)5)33-22(20(21)30)27-12-10-19(29)26-23(27)31/h10,12,16-18,20-22,28,30H,1,9,11,13-14H2,2-8H3/p+1/t16-,17-,18+,20-,21-,22-,25+/m1/s1. The molecule has 0 radical (unpaired) electrons. The van der Waals surface area contributed by atoms with Crippen molar-refractivity contribution in [3.63, 3.8) is 0 Å². The van der Waals surface area contributed by atoms with E-state index in [0.29, 0.717) is 6.42 Å². The Morgan fingerprint density at radius 1 is 1.39 bits per heavy atom. The summed E-state index contributed by atoms with van der Waals surface area (Å²) in [6.45, 7) is 18.9. The highest BCUT2D eigenvalue weighted by Gasteiger charge is 2.53. The van der Waals surface area contributed by atoms with Crippen LogP contribution in [0.1, 0.15) is 60.1 Å². The zero-order chi connectivity index (χ0) is 28.6. The lowest BCUT2D eigenvalue weighted by Gasteiger charge is -2.38. The van der Waals surface area contributed by atoms with Crippen LogP contribution in [0.4, 0.5) is 0 Å². The van der Waals surface area contributed by atoms with Crippen LogP contribution in [-0.2, 0) is 25.5 Å². The lowest BCUT2D eigenvalue weighted by Crippen LogP contribution is -2.45. The van der Waals surface area contributed by atoms with Crippen molar-refractivity contribution < 1.29 is 23.9 Å². The van der Waals surface area contributed by atoms with Gasteiger partial charge in [0.1, 0.15) is 23.6 Å². The maximum atomic E-state index is 12.5. The zero-order valence-electron chi connectivity index (χ0n) is 23.3. The number of aliphatic hydroxyl groups is 2. The topological polar surface area (TPSA) is 123 Å². The minimum absolute atomic E-state index is 0.0380. The van der Waals surface area contributed by atoms with Crippen molar-refractivity contribution in [3.05, 3.63) is 45.3 Å². The molecule has 9 nitrogen and oxygen atoms in total. The smallest absolute Gasteiger partial charge is 0.414 e. The molecule has 2 aliphatic rings. The van der Waals surface area contributed by atoms with Gasteiger partial charge in [-0.2, -0.15) is 0 Å². The third-order valence-corrected chi connectivity index (χ3v) is 17.1. The number of hydrogen-bond acceptors (Lipinski definition) is 9. The normalized spacial score (nSPS) is 32.8. The summed E-state index contributed by atoms with van der Waals surface area (Å²) in [5.74, 6) is 0.286. The van der Waals surface area contributed by atoms with Crippen molar-refractivity contribution in [3.8, 4) is 0 Å². The SMILES string of the molecule is C=C(C)[C@@H]1CC[C@](C)(S[P+](=S)O[C@H]2[C@@H](O)[C@H](n3ccc(=O)[nH]c3=O)O[C@@H]2CO[Si](C)(C)C(C)(C)C)[C@@H](O)C1. The average Bonchev–Trinajstić information content (AvgIpc) is 3.08. The van der Waals surface area contributed by atoms with E-state index in [1.165, 1.54) is 23.6 Å². The number of nitrogens with one attached hydrogen (secondary N) is 1. The molecular formula is C25H42N2O7PS2Si+. The van der Waals surface area contributed by atoms with Gasteiger partial charge >= 0.3 is 11.8 Å². The highest BCUT2D eigenvalue weighted by Crippen LogP contribution is 2.56. The van der Waals surface area contributed by atoms with E-state index in [1.807, 2.05) is 13.8 Å². The van der Waals surface area contributed by atoms with Gasteiger partial charge < -0.3 is 19.4 Å². The van der Waals surface area contributed by atoms with Crippen LogP contribution in [0.5, 0.6) is 0 Å². The highest BCUT2D eigenvalue weighted by molar-refractivity contribution is 8.63. The quantitative estimate of drug-likeness (QED) is 0.216. The van der Waals surface area contributed by atoms with Crippen LogP contribution in [-0.4, -0.2) is 63.9 Å². The Labute approximate surface area is 235 Å². The fourth-order valence-electron chi connectivity index (χ4n) is 4.46. The molecule has 0 aromatic carbocycles. The number of ether oxygens (including phenoxy) is 1. The molecule has 1 aliphatic heterocycles. The van der Waals surface area contributed by atoms with Crippen LogP contribution in [0.25, 0.3) is 0 Å². The van der Waals surface area contributed by atoms with Gasteiger partial charge in [-0.15, -0.1) is 4.52 Å². The summed E-state index contributed by atoms with van der Waals surface area (Å²) in [5, 5.41) is 22.2. The van der Waals surface area contributed by atoms with E-state index in [1.54, 1.807) is 0 Å². The van der Waals surface area contributed by atoms with Crippen LogP contribution in [0.2, 0.25) is 18.1 Å². The molecule has 3 N–H and O–H groups in total. The fourth-order valence-corrected chi connectivity index (χ4v) is 10.7.